The fourth-order valence-electron chi connectivity index (χ4n) is 2.07. The van der Waals surface area contributed by atoms with Crippen molar-refractivity contribution in [1.82, 2.24) is 25.5 Å². The zero-order valence-electron chi connectivity index (χ0n) is 12.9. The monoisotopic (exact) mass is 341 g/mol. The minimum Gasteiger partial charge on any atom is -0.352 e. The van der Waals surface area contributed by atoms with Gasteiger partial charge in [-0.1, -0.05) is 0 Å². The van der Waals surface area contributed by atoms with Gasteiger partial charge < -0.3 is 5.32 Å². The van der Waals surface area contributed by atoms with Gasteiger partial charge in [0.05, 0.1) is 10.4 Å². The summed E-state index contributed by atoms with van der Waals surface area (Å²) in [5.41, 5.74) is 1.33. The van der Waals surface area contributed by atoms with Crippen LogP contribution in [0.5, 0.6) is 0 Å². The molecule has 0 aliphatic carbocycles. The predicted molar refractivity (Wildman–Crippen MR) is 90.0 cm³/mol. The third-order valence-electron chi connectivity index (χ3n) is 3.31. The maximum atomic E-state index is 12.0. The molecule has 8 heteroatoms. The van der Waals surface area contributed by atoms with E-state index in [1.807, 2.05) is 12.1 Å². The van der Waals surface area contributed by atoms with Gasteiger partial charge in [-0.2, -0.15) is 5.10 Å². The molecule has 3 rings (SSSR count). The topological polar surface area (TPSA) is 101 Å². The van der Waals surface area contributed by atoms with Crippen LogP contribution in [0.4, 0.5) is 0 Å². The first kappa shape index (κ1) is 16.0. The molecule has 0 aromatic carbocycles. The number of carbonyl (C=O) groups is 2. The van der Waals surface area contributed by atoms with Gasteiger partial charge in [0.15, 0.2) is 11.6 Å². The van der Waals surface area contributed by atoms with Gasteiger partial charge in [-0.15, -0.1) is 11.3 Å². The summed E-state index contributed by atoms with van der Waals surface area (Å²) in [4.78, 5) is 32.3. The molecule has 7 nitrogen and oxygen atoms in total. The van der Waals surface area contributed by atoms with Gasteiger partial charge in [0.1, 0.15) is 5.82 Å². The van der Waals surface area contributed by atoms with Crippen LogP contribution in [0.2, 0.25) is 0 Å². The second-order valence-corrected chi connectivity index (χ2v) is 6.02. The van der Waals surface area contributed by atoms with E-state index in [-0.39, 0.29) is 11.7 Å². The number of amides is 1. The van der Waals surface area contributed by atoms with Crippen molar-refractivity contribution < 1.29 is 9.59 Å². The van der Waals surface area contributed by atoms with Crippen molar-refractivity contribution in [3.63, 3.8) is 0 Å². The van der Waals surface area contributed by atoms with Gasteiger partial charge in [-0.3, -0.25) is 19.7 Å². The van der Waals surface area contributed by atoms with E-state index in [9.17, 15) is 9.59 Å². The number of H-pyrrole nitrogens is 1. The Morgan fingerprint density at radius 3 is 2.96 bits per heavy atom. The van der Waals surface area contributed by atoms with Crippen molar-refractivity contribution in [3.05, 3.63) is 52.2 Å². The molecular formula is C16H15N5O2S. The van der Waals surface area contributed by atoms with Crippen LogP contribution in [0.1, 0.15) is 32.8 Å². The average Bonchev–Trinajstić information content (AvgIpc) is 3.25. The Kier molecular flexibility index (Phi) is 4.76. The molecule has 0 aliphatic heterocycles. The minimum absolute atomic E-state index is 0.0383. The lowest BCUT2D eigenvalue weighted by Crippen LogP contribution is -2.25. The fraction of sp³-hybridized carbons (Fsp3) is 0.188. The molecule has 122 valence electrons. The molecule has 0 bridgehead atoms. The number of hydrogen-bond donors (Lipinski definition) is 2. The molecule has 2 N–H and O–H groups in total. The van der Waals surface area contributed by atoms with E-state index in [0.29, 0.717) is 35.1 Å². The number of nitrogens with one attached hydrogen (secondary N) is 2. The van der Waals surface area contributed by atoms with Crippen molar-refractivity contribution in [3.8, 4) is 11.4 Å². The highest BCUT2D eigenvalue weighted by atomic mass is 32.1. The molecule has 3 aromatic rings. The molecule has 0 atom stereocenters. The van der Waals surface area contributed by atoms with Crippen LogP contribution in [-0.4, -0.2) is 38.4 Å². The third-order valence-corrected chi connectivity index (χ3v) is 4.34. The largest absolute Gasteiger partial charge is 0.352 e. The van der Waals surface area contributed by atoms with Crippen molar-refractivity contribution in [1.29, 1.82) is 0 Å². The van der Waals surface area contributed by atoms with Gasteiger partial charge >= 0.3 is 0 Å². The van der Waals surface area contributed by atoms with E-state index >= 15 is 0 Å². The number of carbonyl (C=O) groups excluding carboxylic acids is 2. The standard InChI is InChI=1S/C16H15N5O2S/c1-10(22)13-7-12(9-24-13)16(23)18-6-4-14-19-15(21-20-14)11-3-2-5-17-8-11/h2-3,5,7-9H,4,6H2,1H3,(H,18,23)(H,19,20,21). The number of hydrogen-bond acceptors (Lipinski definition) is 6. The minimum atomic E-state index is -0.203. The number of rotatable bonds is 6. The zero-order chi connectivity index (χ0) is 16.9. The molecule has 1 amide bonds. The predicted octanol–water partition coefficient (Wildman–Crippen LogP) is 2.10. The van der Waals surface area contributed by atoms with E-state index in [1.54, 1.807) is 23.8 Å². The smallest absolute Gasteiger partial charge is 0.252 e. The lowest BCUT2D eigenvalue weighted by molar-refractivity contribution is 0.0954. The second kappa shape index (κ2) is 7.14. The van der Waals surface area contributed by atoms with E-state index in [4.69, 9.17) is 0 Å². The van der Waals surface area contributed by atoms with E-state index in [1.165, 1.54) is 18.3 Å². The van der Waals surface area contributed by atoms with Gasteiger partial charge in [-0.25, -0.2) is 4.98 Å². The highest BCUT2D eigenvalue weighted by Gasteiger charge is 2.11. The SMILES string of the molecule is CC(=O)c1cc(C(=O)NCCc2nc(-c3cccnc3)n[nH]2)cs1. The molecular weight excluding hydrogens is 326 g/mol. The first-order valence-electron chi connectivity index (χ1n) is 7.33. The summed E-state index contributed by atoms with van der Waals surface area (Å²) in [5, 5.41) is 11.5. The van der Waals surface area contributed by atoms with Crippen LogP contribution in [0, 0.1) is 0 Å². The van der Waals surface area contributed by atoms with Crippen molar-refractivity contribution in [2.24, 2.45) is 0 Å². The summed E-state index contributed by atoms with van der Waals surface area (Å²) in [5.74, 6) is 1.02. The number of aromatic nitrogens is 4. The quantitative estimate of drug-likeness (QED) is 0.669. The summed E-state index contributed by atoms with van der Waals surface area (Å²) < 4.78 is 0. The summed E-state index contributed by atoms with van der Waals surface area (Å²) >= 11 is 1.27. The van der Waals surface area contributed by atoms with Gasteiger partial charge in [0.25, 0.3) is 5.91 Å². The molecule has 0 unspecified atom stereocenters. The number of Topliss-reactive ketones (excluding diaryl/α,β-unsaturated/α-hetero) is 1. The lowest BCUT2D eigenvalue weighted by Gasteiger charge is -2.01. The number of nitrogens with zero attached hydrogens (tertiary/aromatic N) is 3. The molecule has 3 heterocycles. The first-order valence-corrected chi connectivity index (χ1v) is 8.21. The molecule has 24 heavy (non-hydrogen) atoms. The molecule has 0 aliphatic rings. The second-order valence-electron chi connectivity index (χ2n) is 5.11. The highest BCUT2D eigenvalue weighted by Crippen LogP contribution is 2.15. The molecule has 0 radical (unpaired) electrons. The Hall–Kier alpha value is -2.87. The van der Waals surface area contributed by atoms with Crippen LogP contribution in [0.25, 0.3) is 11.4 Å². The van der Waals surface area contributed by atoms with Crippen LogP contribution < -0.4 is 5.32 Å². The Bertz CT molecular complexity index is 856. The number of aromatic amines is 1. The number of pyridine rings is 1. The fourth-order valence-corrected chi connectivity index (χ4v) is 2.86. The maximum absolute atomic E-state index is 12.0. The average molecular weight is 341 g/mol. The Morgan fingerprint density at radius 1 is 1.38 bits per heavy atom. The van der Waals surface area contributed by atoms with E-state index < -0.39 is 0 Å². The van der Waals surface area contributed by atoms with Crippen molar-refractivity contribution >= 4 is 23.0 Å². The maximum Gasteiger partial charge on any atom is 0.252 e. The third kappa shape index (κ3) is 3.72. The van der Waals surface area contributed by atoms with Crippen LogP contribution in [0.15, 0.2) is 36.0 Å². The van der Waals surface area contributed by atoms with E-state index in [0.717, 1.165) is 5.56 Å². The summed E-state index contributed by atoms with van der Waals surface area (Å²) in [6.45, 7) is 1.91. The number of thiophene rings is 1. The van der Waals surface area contributed by atoms with Gasteiger partial charge in [0, 0.05) is 36.3 Å². The van der Waals surface area contributed by atoms with Gasteiger partial charge in [-0.05, 0) is 25.1 Å². The lowest BCUT2D eigenvalue weighted by atomic mass is 10.2. The molecule has 0 saturated heterocycles. The normalized spacial score (nSPS) is 10.5. The molecule has 0 saturated carbocycles. The number of ketones is 1. The Labute approximate surface area is 142 Å². The van der Waals surface area contributed by atoms with Crippen molar-refractivity contribution in [2.75, 3.05) is 6.54 Å². The van der Waals surface area contributed by atoms with Crippen LogP contribution >= 0.6 is 11.3 Å². The highest BCUT2D eigenvalue weighted by molar-refractivity contribution is 7.12. The van der Waals surface area contributed by atoms with E-state index in [2.05, 4.69) is 25.5 Å². The molecule has 0 spiro atoms. The summed E-state index contributed by atoms with van der Waals surface area (Å²) in [7, 11) is 0. The molecule has 0 fully saturated rings. The molecule has 3 aromatic heterocycles. The summed E-state index contributed by atoms with van der Waals surface area (Å²) in [6, 6.07) is 5.31. The first-order chi connectivity index (χ1) is 11.6. The van der Waals surface area contributed by atoms with Gasteiger partial charge in [0.2, 0.25) is 0 Å². The summed E-state index contributed by atoms with van der Waals surface area (Å²) in [6.07, 6.45) is 3.91. The van der Waals surface area contributed by atoms with Crippen molar-refractivity contribution in [2.45, 2.75) is 13.3 Å². The van der Waals surface area contributed by atoms with Crippen LogP contribution in [0.3, 0.4) is 0 Å². The zero-order valence-corrected chi connectivity index (χ0v) is 13.8. The van der Waals surface area contributed by atoms with Crippen LogP contribution in [-0.2, 0) is 6.42 Å². The Balaban J connectivity index is 1.54. The Morgan fingerprint density at radius 2 is 2.25 bits per heavy atom.